The van der Waals surface area contributed by atoms with Gasteiger partial charge in [-0.2, -0.15) is 0 Å². The van der Waals surface area contributed by atoms with Gasteiger partial charge in [0.05, 0.1) is 17.4 Å². The molecule has 1 fully saturated rings. The molecule has 3 rings (SSSR count). The topological polar surface area (TPSA) is 126 Å². The maximum atomic E-state index is 12.5. The number of carbonyl (C=O) groups excluding carboxylic acids is 1. The standard InChI is InChI=1S/C25H34ClN5O5/c1-14(2)20-21(15(3)7-8-28-20)30-22-19(23(32)33)17(11-18(26)29-22)35-13-16-12-31(10-9-27-16)24(34)36-25(4,5)6/h7-8,11,14,16,27H,9-10,12-13H2,1-6H3,(H,29,30)(H,32,33)/t16-/m0/s1. The van der Waals surface area contributed by atoms with Gasteiger partial charge < -0.3 is 30.1 Å². The SMILES string of the molecule is Cc1ccnc(C(C)C)c1Nc1nc(Cl)cc(OC[C@@H]2CN(C(=O)OC(C)(C)C)CCN2)c1C(=O)O. The molecule has 0 unspecified atom stereocenters. The lowest BCUT2D eigenvalue weighted by atomic mass is 10.0. The van der Waals surface area contributed by atoms with Crippen LogP contribution in [0.15, 0.2) is 18.3 Å². The van der Waals surface area contributed by atoms with E-state index >= 15 is 0 Å². The van der Waals surface area contributed by atoms with Crippen LogP contribution in [0.25, 0.3) is 0 Å². The summed E-state index contributed by atoms with van der Waals surface area (Å²) in [7, 11) is 0. The fraction of sp³-hybridized carbons (Fsp3) is 0.520. The van der Waals surface area contributed by atoms with Crippen LogP contribution in [0.3, 0.4) is 0 Å². The first-order chi connectivity index (χ1) is 16.9. The second-order valence-electron chi connectivity index (χ2n) is 10.0. The molecule has 0 spiro atoms. The smallest absolute Gasteiger partial charge is 0.410 e. The minimum absolute atomic E-state index is 0.0648. The van der Waals surface area contributed by atoms with Crippen molar-refractivity contribution >= 4 is 35.2 Å². The van der Waals surface area contributed by atoms with Crippen molar-refractivity contribution < 1.29 is 24.2 Å². The van der Waals surface area contributed by atoms with Gasteiger partial charge in [0.15, 0.2) is 5.82 Å². The molecule has 0 aromatic carbocycles. The summed E-state index contributed by atoms with van der Waals surface area (Å²) in [6, 6.07) is 2.98. The summed E-state index contributed by atoms with van der Waals surface area (Å²) in [6.45, 7) is 12.9. The van der Waals surface area contributed by atoms with Crippen LogP contribution in [0.4, 0.5) is 16.3 Å². The summed E-state index contributed by atoms with van der Waals surface area (Å²) in [5, 5.41) is 16.5. The molecule has 3 heterocycles. The van der Waals surface area contributed by atoms with E-state index in [-0.39, 0.29) is 40.9 Å². The first kappa shape index (κ1) is 27.5. The van der Waals surface area contributed by atoms with Gasteiger partial charge in [-0.15, -0.1) is 0 Å². The summed E-state index contributed by atoms with van der Waals surface area (Å²) in [4.78, 5) is 35.0. The maximum Gasteiger partial charge on any atom is 0.410 e. The van der Waals surface area contributed by atoms with Gasteiger partial charge in [0, 0.05) is 31.9 Å². The zero-order chi connectivity index (χ0) is 26.6. The van der Waals surface area contributed by atoms with E-state index < -0.39 is 17.7 Å². The fourth-order valence-corrected chi connectivity index (χ4v) is 4.00. The monoisotopic (exact) mass is 519 g/mol. The summed E-state index contributed by atoms with van der Waals surface area (Å²) in [6.07, 6.45) is 1.32. The quantitative estimate of drug-likeness (QED) is 0.450. The molecule has 1 atom stereocenters. The number of aryl methyl sites for hydroxylation is 1. The van der Waals surface area contributed by atoms with Crippen LogP contribution < -0.4 is 15.4 Å². The van der Waals surface area contributed by atoms with Crippen LogP contribution >= 0.6 is 11.6 Å². The first-order valence-electron chi connectivity index (χ1n) is 11.9. The lowest BCUT2D eigenvalue weighted by Gasteiger charge is -2.34. The Morgan fingerprint density at radius 2 is 2.08 bits per heavy atom. The van der Waals surface area contributed by atoms with Crippen LogP contribution in [0, 0.1) is 6.92 Å². The number of ether oxygens (including phenoxy) is 2. The number of amides is 1. The largest absolute Gasteiger partial charge is 0.491 e. The van der Waals surface area contributed by atoms with Crippen LogP contribution in [0.5, 0.6) is 5.75 Å². The molecule has 2 aromatic heterocycles. The lowest BCUT2D eigenvalue weighted by molar-refractivity contribution is 0.0178. The highest BCUT2D eigenvalue weighted by Gasteiger charge is 2.29. The van der Waals surface area contributed by atoms with Gasteiger partial charge >= 0.3 is 12.1 Å². The number of aromatic carboxylic acids is 1. The molecule has 2 aromatic rings. The number of carboxylic acids is 1. The number of hydrogen-bond acceptors (Lipinski definition) is 8. The van der Waals surface area contributed by atoms with Crippen LogP contribution in [-0.2, 0) is 4.74 Å². The number of halogens is 1. The van der Waals surface area contributed by atoms with Crippen LogP contribution in [-0.4, -0.2) is 69.9 Å². The Morgan fingerprint density at radius 1 is 1.36 bits per heavy atom. The van der Waals surface area contributed by atoms with Crippen molar-refractivity contribution in [1.29, 1.82) is 0 Å². The van der Waals surface area contributed by atoms with Gasteiger partial charge in [0.25, 0.3) is 0 Å². The van der Waals surface area contributed by atoms with E-state index in [1.165, 1.54) is 6.07 Å². The van der Waals surface area contributed by atoms with Gasteiger partial charge in [-0.25, -0.2) is 14.6 Å². The summed E-state index contributed by atoms with van der Waals surface area (Å²) < 4.78 is 11.4. The van der Waals surface area contributed by atoms with E-state index in [2.05, 4.69) is 20.6 Å². The zero-order valence-electron chi connectivity index (χ0n) is 21.5. The fourth-order valence-electron chi connectivity index (χ4n) is 3.82. The van der Waals surface area contributed by atoms with Crippen molar-refractivity contribution in [1.82, 2.24) is 20.2 Å². The van der Waals surface area contributed by atoms with Gasteiger partial charge in [-0.3, -0.25) is 4.98 Å². The molecule has 11 heteroatoms. The van der Waals surface area contributed by atoms with Crippen molar-refractivity contribution in [3.05, 3.63) is 40.3 Å². The highest BCUT2D eigenvalue weighted by atomic mass is 35.5. The number of carbonyl (C=O) groups is 2. The highest BCUT2D eigenvalue weighted by molar-refractivity contribution is 6.29. The number of hydrogen-bond donors (Lipinski definition) is 3. The third-order valence-electron chi connectivity index (χ3n) is 5.49. The zero-order valence-corrected chi connectivity index (χ0v) is 22.3. The third kappa shape index (κ3) is 6.98. The summed E-state index contributed by atoms with van der Waals surface area (Å²) >= 11 is 6.26. The second-order valence-corrected chi connectivity index (χ2v) is 10.4. The Kier molecular flexibility index (Phi) is 8.63. The minimum Gasteiger partial charge on any atom is -0.491 e. The Bertz CT molecular complexity index is 1120. The number of anilines is 2. The highest BCUT2D eigenvalue weighted by Crippen LogP contribution is 2.34. The first-order valence-corrected chi connectivity index (χ1v) is 12.2. The van der Waals surface area contributed by atoms with E-state index in [9.17, 15) is 14.7 Å². The molecule has 1 aliphatic rings. The van der Waals surface area contributed by atoms with Gasteiger partial charge in [-0.05, 0) is 45.2 Å². The van der Waals surface area contributed by atoms with Crippen molar-refractivity contribution in [2.45, 2.75) is 59.1 Å². The molecule has 1 saturated heterocycles. The average Bonchev–Trinajstić information content (AvgIpc) is 2.77. The van der Waals surface area contributed by atoms with Crippen molar-refractivity contribution in [3.63, 3.8) is 0 Å². The van der Waals surface area contributed by atoms with E-state index in [0.717, 1.165) is 11.3 Å². The van der Waals surface area contributed by atoms with E-state index in [0.29, 0.717) is 25.3 Å². The average molecular weight is 520 g/mol. The molecule has 0 radical (unpaired) electrons. The van der Waals surface area contributed by atoms with Crippen molar-refractivity contribution in [2.75, 3.05) is 31.6 Å². The third-order valence-corrected chi connectivity index (χ3v) is 5.69. The van der Waals surface area contributed by atoms with Crippen molar-refractivity contribution in [2.24, 2.45) is 0 Å². The summed E-state index contributed by atoms with van der Waals surface area (Å²) in [5.41, 5.74) is 1.62. The van der Waals surface area contributed by atoms with Crippen molar-refractivity contribution in [3.8, 4) is 5.75 Å². The van der Waals surface area contributed by atoms with Gasteiger partial charge in [-0.1, -0.05) is 25.4 Å². The van der Waals surface area contributed by atoms with Gasteiger partial charge in [0.2, 0.25) is 0 Å². The number of rotatable bonds is 7. The maximum absolute atomic E-state index is 12.5. The normalized spacial score (nSPS) is 16.1. The van der Waals surface area contributed by atoms with E-state index in [1.807, 2.05) is 47.6 Å². The van der Waals surface area contributed by atoms with Gasteiger partial charge in [0.1, 0.15) is 28.7 Å². The number of carboxylic acid groups (broad SMARTS) is 1. The molecular weight excluding hydrogens is 486 g/mol. The molecule has 10 nitrogen and oxygen atoms in total. The Hall–Kier alpha value is -3.11. The molecule has 36 heavy (non-hydrogen) atoms. The molecule has 0 aliphatic carbocycles. The molecular formula is C25H34ClN5O5. The number of aromatic nitrogens is 2. The molecule has 0 bridgehead atoms. The van der Waals surface area contributed by atoms with E-state index in [4.69, 9.17) is 21.1 Å². The molecule has 1 aliphatic heterocycles. The predicted octanol–water partition coefficient (Wildman–Crippen LogP) is 4.59. The minimum atomic E-state index is -1.21. The molecule has 0 saturated carbocycles. The number of pyridine rings is 2. The van der Waals surface area contributed by atoms with Crippen LogP contribution in [0.2, 0.25) is 5.15 Å². The molecule has 196 valence electrons. The summed E-state index contributed by atoms with van der Waals surface area (Å²) in [5.74, 6) is -0.971. The molecule has 1 amide bonds. The Labute approximate surface area is 216 Å². The number of nitrogens with zero attached hydrogens (tertiary/aromatic N) is 3. The number of nitrogens with one attached hydrogen (secondary N) is 2. The second kappa shape index (κ2) is 11.3. The Balaban J connectivity index is 1.82. The van der Waals surface area contributed by atoms with Crippen LogP contribution in [0.1, 0.15) is 62.2 Å². The predicted molar refractivity (Wildman–Crippen MR) is 138 cm³/mol. The van der Waals surface area contributed by atoms with E-state index in [1.54, 1.807) is 11.1 Å². The number of piperazine rings is 1. The lowest BCUT2D eigenvalue weighted by Crippen LogP contribution is -2.55. The molecule has 3 N–H and O–H groups in total. The Morgan fingerprint density at radius 3 is 2.72 bits per heavy atom.